The summed E-state index contributed by atoms with van der Waals surface area (Å²) in [5.41, 5.74) is 3.94. The first-order chi connectivity index (χ1) is 14.8. The van der Waals surface area contributed by atoms with Gasteiger partial charge in [0.1, 0.15) is 11.2 Å². The molecule has 7 heteroatoms. The highest BCUT2D eigenvalue weighted by atomic mass is 32.1. The highest BCUT2D eigenvalue weighted by Crippen LogP contribution is 2.19. The number of amides is 1. The summed E-state index contributed by atoms with van der Waals surface area (Å²) in [7, 11) is 1.69. The molecular formula is C24H23N3O3S. The fraction of sp³-hybridized carbons (Fsp3) is 0.208. The third-order valence-electron chi connectivity index (χ3n) is 5.56. The quantitative estimate of drug-likeness (QED) is 0.492. The Hall–Kier alpha value is -3.45. The van der Waals surface area contributed by atoms with Crippen molar-refractivity contribution in [3.05, 3.63) is 91.4 Å². The van der Waals surface area contributed by atoms with Crippen LogP contribution in [0.15, 0.2) is 63.5 Å². The second kappa shape index (κ2) is 8.00. The van der Waals surface area contributed by atoms with Crippen LogP contribution in [0.4, 0.5) is 5.69 Å². The van der Waals surface area contributed by atoms with Gasteiger partial charge in [-0.05, 0) is 73.2 Å². The molecule has 0 bridgehead atoms. The zero-order valence-electron chi connectivity index (χ0n) is 17.9. The van der Waals surface area contributed by atoms with Crippen LogP contribution in [0, 0.1) is 20.8 Å². The van der Waals surface area contributed by atoms with Crippen LogP contribution in [0.1, 0.15) is 16.7 Å². The normalized spacial score (nSPS) is 11.1. The number of fused-ring (bicyclic) bond motifs is 1. The molecule has 31 heavy (non-hydrogen) atoms. The molecule has 0 atom stereocenters. The van der Waals surface area contributed by atoms with E-state index in [0.29, 0.717) is 15.9 Å². The fourth-order valence-corrected chi connectivity index (χ4v) is 4.38. The molecule has 0 spiro atoms. The second-order valence-electron chi connectivity index (χ2n) is 7.70. The van der Waals surface area contributed by atoms with Gasteiger partial charge >= 0.3 is 5.69 Å². The van der Waals surface area contributed by atoms with Crippen LogP contribution < -0.4 is 16.1 Å². The molecule has 6 nitrogen and oxygen atoms in total. The molecule has 0 saturated carbocycles. The Kier molecular flexibility index (Phi) is 5.37. The lowest BCUT2D eigenvalue weighted by atomic mass is 10.1. The Morgan fingerprint density at radius 3 is 2.48 bits per heavy atom. The van der Waals surface area contributed by atoms with Crippen molar-refractivity contribution in [1.82, 2.24) is 9.13 Å². The number of hydrogen-bond acceptors (Lipinski definition) is 4. The average Bonchev–Trinajstić information content (AvgIpc) is 3.23. The Labute approximate surface area is 183 Å². The van der Waals surface area contributed by atoms with Gasteiger partial charge < -0.3 is 4.90 Å². The third kappa shape index (κ3) is 3.72. The number of anilines is 1. The van der Waals surface area contributed by atoms with Gasteiger partial charge in [0.15, 0.2) is 0 Å². The summed E-state index contributed by atoms with van der Waals surface area (Å²) < 4.78 is 2.99. The third-order valence-corrected chi connectivity index (χ3v) is 6.45. The summed E-state index contributed by atoms with van der Waals surface area (Å²) >= 11 is 1.27. The molecule has 2 aromatic carbocycles. The van der Waals surface area contributed by atoms with E-state index >= 15 is 0 Å². The van der Waals surface area contributed by atoms with Crippen molar-refractivity contribution in [2.75, 3.05) is 11.9 Å². The van der Waals surface area contributed by atoms with E-state index < -0.39 is 5.69 Å². The molecule has 0 aliphatic heterocycles. The van der Waals surface area contributed by atoms with Gasteiger partial charge in [-0.2, -0.15) is 0 Å². The lowest BCUT2D eigenvalue weighted by Crippen LogP contribution is -2.41. The molecule has 4 rings (SSSR count). The number of nitrogens with zero attached hydrogens (tertiary/aromatic N) is 3. The molecule has 0 fully saturated rings. The molecule has 0 N–H and O–H groups in total. The summed E-state index contributed by atoms with van der Waals surface area (Å²) in [4.78, 5) is 41.1. The van der Waals surface area contributed by atoms with E-state index in [-0.39, 0.29) is 18.0 Å². The number of benzene rings is 2. The lowest BCUT2D eigenvalue weighted by Gasteiger charge is -2.19. The fourth-order valence-electron chi connectivity index (χ4n) is 3.55. The highest BCUT2D eigenvalue weighted by Gasteiger charge is 2.20. The number of thiophene rings is 1. The number of aryl methyl sites for hydroxylation is 3. The van der Waals surface area contributed by atoms with Crippen molar-refractivity contribution in [3.8, 4) is 5.69 Å². The van der Waals surface area contributed by atoms with E-state index in [9.17, 15) is 14.4 Å². The van der Waals surface area contributed by atoms with Crippen LogP contribution in [0.25, 0.3) is 15.9 Å². The van der Waals surface area contributed by atoms with Gasteiger partial charge in [-0.3, -0.25) is 14.2 Å². The van der Waals surface area contributed by atoms with Crippen LogP contribution in [0.3, 0.4) is 0 Å². The Bertz CT molecular complexity index is 1430. The minimum atomic E-state index is -0.523. The van der Waals surface area contributed by atoms with Crippen LogP contribution in [0.5, 0.6) is 0 Å². The molecular weight excluding hydrogens is 410 g/mol. The molecule has 1 amide bonds. The smallest absolute Gasteiger partial charge is 0.314 e. The molecule has 0 saturated heterocycles. The monoisotopic (exact) mass is 433 g/mol. The van der Waals surface area contributed by atoms with Gasteiger partial charge in [0.25, 0.3) is 5.56 Å². The molecule has 0 aliphatic carbocycles. The SMILES string of the molecule is Cc1cccc(N(C)C(=O)Cn2c(=O)n(-c3ccc(C)c(C)c3)c(=O)c3sccc32)c1. The highest BCUT2D eigenvalue weighted by molar-refractivity contribution is 7.17. The Balaban J connectivity index is 1.84. The number of aromatic nitrogens is 2. The van der Waals surface area contributed by atoms with Gasteiger partial charge in [-0.25, -0.2) is 9.36 Å². The van der Waals surface area contributed by atoms with Crippen molar-refractivity contribution < 1.29 is 4.79 Å². The number of carbonyl (C=O) groups is 1. The Morgan fingerprint density at radius 2 is 1.77 bits per heavy atom. The summed E-state index contributed by atoms with van der Waals surface area (Å²) in [5.74, 6) is -0.245. The van der Waals surface area contributed by atoms with Gasteiger partial charge in [0, 0.05) is 12.7 Å². The van der Waals surface area contributed by atoms with Gasteiger partial charge in [-0.1, -0.05) is 18.2 Å². The van der Waals surface area contributed by atoms with Crippen molar-refractivity contribution in [2.45, 2.75) is 27.3 Å². The van der Waals surface area contributed by atoms with Gasteiger partial charge in [0.05, 0.1) is 11.2 Å². The summed E-state index contributed by atoms with van der Waals surface area (Å²) in [6.07, 6.45) is 0. The number of hydrogen-bond donors (Lipinski definition) is 0. The molecule has 4 aromatic rings. The minimum Gasteiger partial charge on any atom is -0.314 e. The molecule has 0 radical (unpaired) electrons. The molecule has 0 aliphatic rings. The molecule has 2 heterocycles. The maximum Gasteiger partial charge on any atom is 0.336 e. The maximum absolute atomic E-state index is 13.4. The van der Waals surface area contributed by atoms with Crippen molar-refractivity contribution in [2.24, 2.45) is 0 Å². The van der Waals surface area contributed by atoms with E-state index in [4.69, 9.17) is 0 Å². The van der Waals surface area contributed by atoms with Gasteiger partial charge in [0.2, 0.25) is 5.91 Å². The largest absolute Gasteiger partial charge is 0.336 e. The zero-order valence-corrected chi connectivity index (χ0v) is 18.7. The predicted octanol–water partition coefficient (Wildman–Crippen LogP) is 3.80. The van der Waals surface area contributed by atoms with E-state index in [0.717, 1.165) is 26.9 Å². The standard InChI is InChI=1S/C24H23N3O3S/c1-15-6-5-7-18(12-15)25(4)21(28)14-26-20-10-11-31-22(20)23(29)27(24(26)30)19-9-8-16(2)17(3)13-19/h5-13H,14H2,1-4H3. The van der Waals surface area contributed by atoms with Crippen LogP contribution >= 0.6 is 11.3 Å². The van der Waals surface area contributed by atoms with E-state index in [1.807, 2.05) is 57.2 Å². The van der Waals surface area contributed by atoms with Crippen molar-refractivity contribution in [3.63, 3.8) is 0 Å². The van der Waals surface area contributed by atoms with E-state index in [2.05, 4.69) is 0 Å². The molecule has 2 aromatic heterocycles. The van der Waals surface area contributed by atoms with Crippen LogP contribution in [-0.4, -0.2) is 22.1 Å². The Morgan fingerprint density at radius 1 is 1.00 bits per heavy atom. The predicted molar refractivity (Wildman–Crippen MR) is 126 cm³/mol. The van der Waals surface area contributed by atoms with Gasteiger partial charge in [-0.15, -0.1) is 11.3 Å². The minimum absolute atomic E-state index is 0.165. The van der Waals surface area contributed by atoms with E-state index in [1.54, 1.807) is 24.6 Å². The number of rotatable bonds is 4. The number of carbonyl (C=O) groups excluding carboxylic acids is 1. The van der Waals surface area contributed by atoms with E-state index in [1.165, 1.54) is 20.8 Å². The first kappa shape index (κ1) is 20.8. The summed E-state index contributed by atoms with van der Waals surface area (Å²) in [5, 5.41) is 1.77. The second-order valence-corrected chi connectivity index (χ2v) is 8.62. The lowest BCUT2D eigenvalue weighted by molar-refractivity contribution is -0.118. The molecule has 0 unspecified atom stereocenters. The van der Waals surface area contributed by atoms with Crippen LogP contribution in [0.2, 0.25) is 0 Å². The zero-order chi connectivity index (χ0) is 22.3. The number of likely N-dealkylation sites (N-methyl/N-ethyl adjacent to an activating group) is 1. The van der Waals surface area contributed by atoms with Crippen molar-refractivity contribution >= 4 is 33.1 Å². The maximum atomic E-state index is 13.4. The topological polar surface area (TPSA) is 64.3 Å². The van der Waals surface area contributed by atoms with Crippen molar-refractivity contribution in [1.29, 1.82) is 0 Å². The summed E-state index contributed by atoms with van der Waals surface area (Å²) in [6.45, 7) is 5.71. The van der Waals surface area contributed by atoms with Crippen LogP contribution in [-0.2, 0) is 11.3 Å². The molecule has 158 valence electrons. The summed E-state index contributed by atoms with van der Waals surface area (Å²) in [6, 6.07) is 14.8. The average molecular weight is 434 g/mol. The first-order valence-electron chi connectivity index (χ1n) is 9.92. The first-order valence-corrected chi connectivity index (χ1v) is 10.8.